The zero-order valence-corrected chi connectivity index (χ0v) is 14.2. The molecule has 6 nitrogen and oxygen atoms in total. The summed E-state index contributed by atoms with van der Waals surface area (Å²) in [4.78, 5) is 24.3. The topological polar surface area (TPSA) is 82.3 Å². The molecule has 1 saturated carbocycles. The normalized spacial score (nSPS) is 25.2. The molecule has 1 heterocycles. The number of benzene rings is 1. The average Bonchev–Trinajstić information content (AvgIpc) is 3.09. The Bertz CT molecular complexity index is 625. The van der Waals surface area contributed by atoms with E-state index in [1.54, 1.807) is 6.07 Å². The Hall–Kier alpha value is -1.99. The lowest BCUT2D eigenvalue weighted by molar-refractivity contribution is -0.127. The van der Waals surface area contributed by atoms with Crippen LogP contribution in [0.25, 0.3) is 0 Å². The Morgan fingerprint density at radius 1 is 1.20 bits per heavy atom. The molecule has 3 unspecified atom stereocenters. The van der Waals surface area contributed by atoms with Crippen molar-refractivity contribution in [3.63, 3.8) is 0 Å². The molecule has 1 aromatic rings. The third-order valence-electron chi connectivity index (χ3n) is 5.03. The van der Waals surface area contributed by atoms with Crippen molar-refractivity contribution in [1.82, 2.24) is 21.5 Å². The molecule has 7 heteroatoms. The van der Waals surface area contributed by atoms with E-state index in [9.17, 15) is 14.0 Å². The van der Waals surface area contributed by atoms with Gasteiger partial charge in [0.1, 0.15) is 5.82 Å². The van der Waals surface area contributed by atoms with E-state index in [0.29, 0.717) is 31.0 Å². The lowest BCUT2D eigenvalue weighted by Gasteiger charge is -2.31. The highest BCUT2D eigenvalue weighted by Crippen LogP contribution is 2.31. The largest absolute Gasteiger partial charge is 0.356 e. The maximum Gasteiger partial charge on any atom is 0.251 e. The summed E-state index contributed by atoms with van der Waals surface area (Å²) in [5.41, 5.74) is 6.69. The van der Waals surface area contributed by atoms with Crippen molar-refractivity contribution in [2.75, 3.05) is 19.6 Å². The van der Waals surface area contributed by atoms with Gasteiger partial charge in [0.25, 0.3) is 5.91 Å². The molecule has 0 bridgehead atoms. The molecule has 1 aliphatic heterocycles. The third kappa shape index (κ3) is 4.55. The van der Waals surface area contributed by atoms with Crippen LogP contribution in [0.5, 0.6) is 0 Å². The van der Waals surface area contributed by atoms with Crippen molar-refractivity contribution < 1.29 is 14.0 Å². The van der Waals surface area contributed by atoms with Crippen molar-refractivity contribution >= 4 is 11.8 Å². The van der Waals surface area contributed by atoms with Gasteiger partial charge in [-0.05, 0) is 43.4 Å². The molecule has 0 aromatic heterocycles. The molecule has 3 atom stereocenters. The Morgan fingerprint density at radius 2 is 2.04 bits per heavy atom. The highest BCUT2D eigenvalue weighted by molar-refractivity contribution is 5.94. The fraction of sp³-hybridized carbons (Fsp3) is 0.556. The van der Waals surface area contributed by atoms with Crippen LogP contribution in [0.1, 0.15) is 36.0 Å². The van der Waals surface area contributed by atoms with Gasteiger partial charge in [-0.2, -0.15) is 0 Å². The minimum atomic E-state index is -0.430. The van der Waals surface area contributed by atoms with Gasteiger partial charge in [0.15, 0.2) is 0 Å². The molecule has 0 spiro atoms. The van der Waals surface area contributed by atoms with Crippen molar-refractivity contribution in [1.29, 1.82) is 0 Å². The van der Waals surface area contributed by atoms with E-state index in [-0.39, 0.29) is 23.8 Å². The first-order valence-electron chi connectivity index (χ1n) is 8.95. The van der Waals surface area contributed by atoms with Crippen LogP contribution in [0.2, 0.25) is 0 Å². The number of carbonyl (C=O) groups is 2. The van der Waals surface area contributed by atoms with Gasteiger partial charge in [0.2, 0.25) is 5.91 Å². The number of nitrogens with one attached hydrogen (secondary N) is 4. The van der Waals surface area contributed by atoms with Crippen molar-refractivity contribution in [3.8, 4) is 0 Å². The Balaban J connectivity index is 1.35. The molecule has 0 radical (unpaired) electrons. The zero-order chi connectivity index (χ0) is 17.6. The summed E-state index contributed by atoms with van der Waals surface area (Å²) in [6.45, 7) is 1.89. The van der Waals surface area contributed by atoms with E-state index in [2.05, 4.69) is 21.5 Å². The predicted molar refractivity (Wildman–Crippen MR) is 92.1 cm³/mol. The van der Waals surface area contributed by atoms with Crippen LogP contribution in [-0.4, -0.2) is 37.5 Å². The maximum atomic E-state index is 13.1. The molecule has 1 saturated heterocycles. The summed E-state index contributed by atoms with van der Waals surface area (Å²) in [5, 5.41) is 5.71. The first-order valence-corrected chi connectivity index (χ1v) is 8.95. The number of amides is 2. The van der Waals surface area contributed by atoms with Gasteiger partial charge in [-0.25, -0.2) is 4.39 Å². The number of halogens is 1. The zero-order valence-electron chi connectivity index (χ0n) is 14.2. The molecule has 25 heavy (non-hydrogen) atoms. The van der Waals surface area contributed by atoms with E-state index in [0.717, 1.165) is 19.4 Å². The summed E-state index contributed by atoms with van der Waals surface area (Å²) >= 11 is 0. The van der Waals surface area contributed by atoms with Crippen LogP contribution in [0.3, 0.4) is 0 Å². The number of fused-ring (bicyclic) bond motifs is 1. The molecular weight excluding hydrogens is 323 g/mol. The molecule has 1 aliphatic carbocycles. The smallest absolute Gasteiger partial charge is 0.251 e. The number of hydrazine groups is 1. The summed E-state index contributed by atoms with van der Waals surface area (Å²) in [5.74, 6) is -0.101. The minimum absolute atomic E-state index is 0.00985. The second-order valence-corrected chi connectivity index (χ2v) is 6.76. The molecule has 2 amide bonds. The van der Waals surface area contributed by atoms with Crippen LogP contribution in [0, 0.1) is 17.7 Å². The van der Waals surface area contributed by atoms with Gasteiger partial charge in [-0.15, -0.1) is 0 Å². The second kappa shape index (κ2) is 8.40. The standard InChI is InChI=1S/C18H25FN4O2/c19-14-6-1-4-12(10-14)17(24)20-8-3-9-21-18(25)15-7-2-5-13-11-22-23-16(13)15/h1,4,6,10,13,15-16,22-23H,2-3,5,7-9,11H2,(H,20,24)(H,21,25). The van der Waals surface area contributed by atoms with E-state index in [4.69, 9.17) is 0 Å². The predicted octanol–water partition coefficient (Wildman–Crippen LogP) is 0.955. The van der Waals surface area contributed by atoms with Crippen LogP contribution in [0.15, 0.2) is 24.3 Å². The fourth-order valence-corrected chi connectivity index (χ4v) is 3.70. The van der Waals surface area contributed by atoms with Crippen LogP contribution in [0.4, 0.5) is 4.39 Å². The van der Waals surface area contributed by atoms with Crippen LogP contribution < -0.4 is 21.5 Å². The summed E-state index contributed by atoms with van der Waals surface area (Å²) < 4.78 is 13.1. The van der Waals surface area contributed by atoms with Crippen molar-refractivity contribution in [2.24, 2.45) is 11.8 Å². The van der Waals surface area contributed by atoms with Gasteiger partial charge < -0.3 is 10.6 Å². The van der Waals surface area contributed by atoms with E-state index < -0.39 is 5.82 Å². The SMILES string of the molecule is O=C(NCCCNC(=O)C1CCCC2CNNC21)c1cccc(F)c1. The fourth-order valence-electron chi connectivity index (χ4n) is 3.70. The van der Waals surface area contributed by atoms with Gasteiger partial charge in [-0.3, -0.25) is 20.4 Å². The highest BCUT2D eigenvalue weighted by atomic mass is 19.1. The number of carbonyl (C=O) groups excluding carboxylic acids is 2. The molecule has 2 fully saturated rings. The Morgan fingerprint density at radius 3 is 2.88 bits per heavy atom. The monoisotopic (exact) mass is 348 g/mol. The molecule has 3 rings (SSSR count). The number of hydrogen-bond donors (Lipinski definition) is 4. The molecule has 2 aliphatic rings. The van der Waals surface area contributed by atoms with Crippen molar-refractivity contribution in [3.05, 3.63) is 35.6 Å². The minimum Gasteiger partial charge on any atom is -0.356 e. The lowest BCUT2D eigenvalue weighted by Crippen LogP contribution is -2.48. The van der Waals surface area contributed by atoms with Gasteiger partial charge in [0, 0.05) is 31.2 Å². The van der Waals surface area contributed by atoms with Crippen LogP contribution in [-0.2, 0) is 4.79 Å². The Kier molecular flexibility index (Phi) is 5.99. The van der Waals surface area contributed by atoms with Gasteiger partial charge in [0.05, 0.1) is 5.92 Å². The lowest BCUT2D eigenvalue weighted by atomic mass is 9.77. The van der Waals surface area contributed by atoms with Crippen LogP contribution >= 0.6 is 0 Å². The third-order valence-corrected chi connectivity index (χ3v) is 5.03. The van der Waals surface area contributed by atoms with Gasteiger partial charge >= 0.3 is 0 Å². The second-order valence-electron chi connectivity index (χ2n) is 6.76. The highest BCUT2D eigenvalue weighted by Gasteiger charge is 2.39. The molecule has 1 aromatic carbocycles. The summed E-state index contributed by atoms with van der Waals surface area (Å²) in [6, 6.07) is 5.81. The molecule has 136 valence electrons. The van der Waals surface area contributed by atoms with E-state index in [1.165, 1.54) is 24.6 Å². The average molecular weight is 348 g/mol. The summed E-state index contributed by atoms with van der Waals surface area (Å²) in [7, 11) is 0. The maximum absolute atomic E-state index is 13.1. The van der Waals surface area contributed by atoms with Crippen molar-refractivity contribution in [2.45, 2.75) is 31.7 Å². The molecule has 4 N–H and O–H groups in total. The Labute approximate surface area is 146 Å². The van der Waals surface area contributed by atoms with E-state index >= 15 is 0 Å². The summed E-state index contributed by atoms with van der Waals surface area (Å²) in [6.07, 6.45) is 3.81. The van der Waals surface area contributed by atoms with Gasteiger partial charge in [-0.1, -0.05) is 12.5 Å². The first-order chi connectivity index (χ1) is 12.1. The molecular formula is C18H25FN4O2. The quantitative estimate of drug-likeness (QED) is 0.577. The first kappa shape index (κ1) is 17.8. The number of rotatable bonds is 6. The van der Waals surface area contributed by atoms with E-state index in [1.807, 2.05) is 0 Å². The number of hydrogen-bond acceptors (Lipinski definition) is 4.